The molecule has 0 aliphatic carbocycles. The van der Waals surface area contributed by atoms with E-state index >= 15 is 0 Å². The van der Waals surface area contributed by atoms with E-state index in [2.05, 4.69) is 10.1 Å². The number of rotatable bonds is 6. The van der Waals surface area contributed by atoms with Gasteiger partial charge in [0.25, 0.3) is 5.89 Å². The Balaban J connectivity index is 1.65. The topological polar surface area (TPSA) is 74.5 Å². The Morgan fingerprint density at radius 1 is 1.25 bits per heavy atom. The molecule has 0 saturated heterocycles. The van der Waals surface area contributed by atoms with Crippen molar-refractivity contribution in [3.8, 4) is 17.1 Å². The summed E-state index contributed by atoms with van der Waals surface area (Å²) in [6.07, 6.45) is 2.17. The largest absolute Gasteiger partial charge is 0.497 e. The number of ether oxygens (including phenoxy) is 2. The van der Waals surface area contributed by atoms with Gasteiger partial charge in [0.15, 0.2) is 6.10 Å². The summed E-state index contributed by atoms with van der Waals surface area (Å²) >= 11 is 0. The molecule has 0 amide bonds. The summed E-state index contributed by atoms with van der Waals surface area (Å²) in [5.74, 6) is 0.125. The molecule has 6 nitrogen and oxygen atoms in total. The van der Waals surface area contributed by atoms with Crippen molar-refractivity contribution >= 4 is 12.0 Å². The van der Waals surface area contributed by atoms with Crippen molar-refractivity contribution in [3.05, 3.63) is 71.4 Å². The second-order valence-electron chi connectivity index (χ2n) is 6.11. The van der Waals surface area contributed by atoms with Crippen LogP contribution < -0.4 is 4.74 Å². The van der Waals surface area contributed by atoms with Gasteiger partial charge in [0.1, 0.15) is 11.6 Å². The van der Waals surface area contributed by atoms with Gasteiger partial charge < -0.3 is 14.0 Å². The van der Waals surface area contributed by atoms with Crippen LogP contribution in [0.3, 0.4) is 0 Å². The highest BCUT2D eigenvalue weighted by molar-refractivity contribution is 5.87. The Hall–Kier alpha value is -3.48. The van der Waals surface area contributed by atoms with Gasteiger partial charge in [-0.25, -0.2) is 9.18 Å². The molecule has 0 saturated carbocycles. The molecule has 2 aromatic carbocycles. The van der Waals surface area contributed by atoms with Crippen molar-refractivity contribution in [2.45, 2.75) is 20.0 Å². The normalized spacial score (nSPS) is 12.1. The fourth-order valence-electron chi connectivity index (χ4n) is 2.42. The van der Waals surface area contributed by atoms with Gasteiger partial charge in [0, 0.05) is 11.6 Å². The molecule has 144 valence electrons. The summed E-state index contributed by atoms with van der Waals surface area (Å²) in [6.45, 7) is 3.28. The third kappa shape index (κ3) is 4.62. The molecule has 1 unspecified atom stereocenters. The molecule has 7 heteroatoms. The highest BCUT2D eigenvalue weighted by atomic mass is 19.1. The van der Waals surface area contributed by atoms with Crippen LogP contribution in [0, 0.1) is 12.7 Å². The number of carbonyl (C=O) groups excluding carboxylic acids is 1. The van der Waals surface area contributed by atoms with Gasteiger partial charge in [-0.15, -0.1) is 0 Å². The maximum Gasteiger partial charge on any atom is 0.331 e. The molecule has 1 heterocycles. The first-order valence-electron chi connectivity index (χ1n) is 8.59. The Morgan fingerprint density at radius 3 is 2.82 bits per heavy atom. The predicted molar refractivity (Wildman–Crippen MR) is 101 cm³/mol. The van der Waals surface area contributed by atoms with E-state index in [1.54, 1.807) is 45.2 Å². The average molecular weight is 382 g/mol. The van der Waals surface area contributed by atoms with Crippen LogP contribution in [0.1, 0.15) is 30.0 Å². The van der Waals surface area contributed by atoms with E-state index < -0.39 is 12.1 Å². The van der Waals surface area contributed by atoms with E-state index in [1.165, 1.54) is 12.1 Å². The lowest BCUT2D eigenvalue weighted by molar-refractivity contribution is -0.143. The molecule has 0 spiro atoms. The molecule has 0 fully saturated rings. The van der Waals surface area contributed by atoms with Crippen LogP contribution in [0.5, 0.6) is 5.75 Å². The monoisotopic (exact) mass is 382 g/mol. The summed E-state index contributed by atoms with van der Waals surface area (Å²) < 4.78 is 29.3. The van der Waals surface area contributed by atoms with Crippen molar-refractivity contribution in [2.75, 3.05) is 7.11 Å². The van der Waals surface area contributed by atoms with Gasteiger partial charge in [-0.1, -0.05) is 29.4 Å². The van der Waals surface area contributed by atoms with E-state index in [9.17, 15) is 9.18 Å². The second-order valence-corrected chi connectivity index (χ2v) is 6.11. The molecule has 0 N–H and O–H groups in total. The third-order valence-electron chi connectivity index (χ3n) is 4.02. The zero-order valence-electron chi connectivity index (χ0n) is 15.7. The van der Waals surface area contributed by atoms with Crippen molar-refractivity contribution in [3.63, 3.8) is 0 Å². The van der Waals surface area contributed by atoms with Crippen LogP contribution in [0.25, 0.3) is 17.5 Å². The lowest BCUT2D eigenvalue weighted by Crippen LogP contribution is -2.06. The van der Waals surface area contributed by atoms with Gasteiger partial charge in [-0.05, 0) is 49.2 Å². The van der Waals surface area contributed by atoms with Crippen LogP contribution in [0.2, 0.25) is 0 Å². The fraction of sp³-hybridized carbons (Fsp3) is 0.190. The first-order chi connectivity index (χ1) is 13.5. The molecule has 1 aromatic heterocycles. The quantitative estimate of drug-likeness (QED) is 0.461. The Labute approximate surface area is 161 Å². The maximum absolute atomic E-state index is 13.7. The summed E-state index contributed by atoms with van der Waals surface area (Å²) in [4.78, 5) is 16.2. The van der Waals surface area contributed by atoms with Crippen molar-refractivity contribution in [1.82, 2.24) is 10.1 Å². The fourth-order valence-corrected chi connectivity index (χ4v) is 2.42. The highest BCUT2D eigenvalue weighted by Gasteiger charge is 2.18. The molecule has 3 rings (SSSR count). The summed E-state index contributed by atoms with van der Waals surface area (Å²) in [7, 11) is 1.57. The van der Waals surface area contributed by atoms with Gasteiger partial charge in [0.05, 0.1) is 7.11 Å². The molecule has 0 radical (unpaired) electrons. The zero-order valence-corrected chi connectivity index (χ0v) is 15.7. The van der Waals surface area contributed by atoms with Crippen LogP contribution in [0.4, 0.5) is 4.39 Å². The summed E-state index contributed by atoms with van der Waals surface area (Å²) in [6, 6.07) is 11.9. The van der Waals surface area contributed by atoms with E-state index in [4.69, 9.17) is 14.0 Å². The molecule has 28 heavy (non-hydrogen) atoms. The van der Waals surface area contributed by atoms with E-state index in [0.717, 1.165) is 5.56 Å². The number of methoxy groups -OCH3 is 1. The summed E-state index contributed by atoms with van der Waals surface area (Å²) in [5.41, 5.74) is 1.80. The highest BCUT2D eigenvalue weighted by Crippen LogP contribution is 2.22. The number of hydrogen-bond acceptors (Lipinski definition) is 6. The predicted octanol–water partition coefficient (Wildman–Crippen LogP) is 4.51. The molecule has 3 aromatic rings. The van der Waals surface area contributed by atoms with Gasteiger partial charge >= 0.3 is 5.97 Å². The average Bonchev–Trinajstić information content (AvgIpc) is 3.19. The first-order valence-corrected chi connectivity index (χ1v) is 8.59. The first kappa shape index (κ1) is 19.3. The van der Waals surface area contributed by atoms with Crippen LogP contribution in [-0.4, -0.2) is 23.2 Å². The number of carbonyl (C=O) groups is 1. The lowest BCUT2D eigenvalue weighted by atomic mass is 10.1. The van der Waals surface area contributed by atoms with Gasteiger partial charge in [-0.3, -0.25) is 0 Å². The van der Waals surface area contributed by atoms with Crippen molar-refractivity contribution in [1.29, 1.82) is 0 Å². The molecule has 0 aliphatic rings. The van der Waals surface area contributed by atoms with Crippen molar-refractivity contribution in [2.24, 2.45) is 0 Å². The number of aryl methyl sites for hydroxylation is 1. The Morgan fingerprint density at radius 2 is 2.07 bits per heavy atom. The molecular weight excluding hydrogens is 363 g/mol. The van der Waals surface area contributed by atoms with Gasteiger partial charge in [0.2, 0.25) is 5.82 Å². The number of esters is 1. The maximum atomic E-state index is 13.7. The second kappa shape index (κ2) is 8.47. The minimum Gasteiger partial charge on any atom is -0.497 e. The minimum atomic E-state index is -0.751. The smallest absolute Gasteiger partial charge is 0.331 e. The number of aromatic nitrogens is 2. The summed E-state index contributed by atoms with van der Waals surface area (Å²) in [5, 5.41) is 3.82. The van der Waals surface area contributed by atoms with E-state index in [1.807, 2.05) is 18.2 Å². The van der Waals surface area contributed by atoms with Crippen LogP contribution >= 0.6 is 0 Å². The van der Waals surface area contributed by atoms with Crippen molar-refractivity contribution < 1.29 is 23.2 Å². The molecule has 0 aliphatic heterocycles. The number of nitrogens with zero attached hydrogens (tertiary/aromatic N) is 2. The van der Waals surface area contributed by atoms with Crippen LogP contribution in [-0.2, 0) is 9.53 Å². The third-order valence-corrected chi connectivity index (χ3v) is 4.02. The molecular formula is C21H19FN2O4. The minimum absolute atomic E-state index is 0.124. The van der Waals surface area contributed by atoms with Gasteiger partial charge in [-0.2, -0.15) is 4.98 Å². The SMILES string of the molecule is COc1cccc(/C=C/C(=O)OC(C)c2nc(-c3ccc(C)c(F)c3)no2)c1. The zero-order chi connectivity index (χ0) is 20.1. The van der Waals surface area contributed by atoms with Crippen LogP contribution in [0.15, 0.2) is 53.1 Å². The lowest BCUT2D eigenvalue weighted by Gasteiger charge is -2.06. The van der Waals surface area contributed by atoms with E-state index in [-0.39, 0.29) is 17.5 Å². The molecule has 0 bridgehead atoms. The molecule has 1 atom stereocenters. The Bertz CT molecular complexity index is 1010. The standard InChI is InChI=1S/C21H19FN2O4/c1-13-7-9-16(12-18(13)22)20-23-21(28-24-20)14(2)27-19(25)10-8-15-5-4-6-17(11-15)26-3/h4-12,14H,1-3H3/b10-8+. The Kier molecular flexibility index (Phi) is 5.84. The number of hydrogen-bond donors (Lipinski definition) is 0. The van der Waals surface area contributed by atoms with E-state index in [0.29, 0.717) is 16.9 Å². The number of halogens is 1. The number of benzene rings is 2.